The predicted molar refractivity (Wildman–Crippen MR) is 60.3 cm³/mol. The van der Waals surface area contributed by atoms with Crippen molar-refractivity contribution in [3.63, 3.8) is 0 Å². The molecule has 0 fully saturated rings. The van der Waals surface area contributed by atoms with Gasteiger partial charge >= 0.3 is 0 Å². The van der Waals surface area contributed by atoms with Crippen LogP contribution in [0.15, 0.2) is 30.5 Å². The van der Waals surface area contributed by atoms with Crippen LogP contribution in [0.25, 0.3) is 11.0 Å². The van der Waals surface area contributed by atoms with E-state index in [2.05, 4.69) is 23.0 Å². The molecule has 0 bridgehead atoms. The summed E-state index contributed by atoms with van der Waals surface area (Å²) in [5, 5.41) is 1.11. The molecule has 0 aliphatic carbocycles. The lowest BCUT2D eigenvalue weighted by Gasteiger charge is -1.97. The van der Waals surface area contributed by atoms with Gasteiger partial charge in [-0.15, -0.1) is 0 Å². The Kier molecular flexibility index (Phi) is 4.05. The van der Waals surface area contributed by atoms with Crippen LogP contribution in [-0.4, -0.2) is 9.97 Å². The number of nitrogens with zero attached hydrogens (tertiary/aromatic N) is 2. The molecule has 0 unspecified atom stereocenters. The smallest absolute Gasteiger partial charge is 0.159 e. The monoisotopic (exact) mass is 188 g/mol. The first-order chi connectivity index (χ1) is 6.90. The molecule has 0 N–H and O–H groups in total. The van der Waals surface area contributed by atoms with Crippen molar-refractivity contribution in [1.29, 1.82) is 0 Å². The maximum absolute atomic E-state index is 4.38. The van der Waals surface area contributed by atoms with E-state index in [0.29, 0.717) is 0 Å². The standard InChI is InChI=1S/C10H10N2.C2H6/c1-2-9-6-5-8-4-3-7-11-10(8)12-9;1-2/h3-7H,2H2,1H3;1-2H3. The third-order valence-corrected chi connectivity index (χ3v) is 1.88. The Balaban J connectivity index is 0.000000461. The second-order valence-electron chi connectivity index (χ2n) is 2.71. The summed E-state index contributed by atoms with van der Waals surface area (Å²) in [7, 11) is 0. The maximum atomic E-state index is 4.38. The Hall–Kier alpha value is -1.44. The van der Waals surface area contributed by atoms with Gasteiger partial charge in [-0.25, -0.2) is 9.97 Å². The quantitative estimate of drug-likeness (QED) is 0.686. The molecule has 0 aromatic carbocycles. The molecule has 2 aromatic heterocycles. The molecule has 0 aliphatic heterocycles. The molecule has 0 atom stereocenters. The highest BCUT2D eigenvalue weighted by Gasteiger charge is 1.95. The molecular weight excluding hydrogens is 172 g/mol. The van der Waals surface area contributed by atoms with Crippen molar-refractivity contribution in [2.24, 2.45) is 0 Å². The van der Waals surface area contributed by atoms with Gasteiger partial charge in [-0.3, -0.25) is 0 Å². The average Bonchev–Trinajstić information content (AvgIpc) is 2.31. The Morgan fingerprint density at radius 1 is 1.14 bits per heavy atom. The topological polar surface area (TPSA) is 25.8 Å². The van der Waals surface area contributed by atoms with E-state index in [9.17, 15) is 0 Å². The van der Waals surface area contributed by atoms with Gasteiger partial charge in [0.1, 0.15) is 0 Å². The van der Waals surface area contributed by atoms with E-state index in [1.54, 1.807) is 6.20 Å². The normalized spacial score (nSPS) is 9.36. The second-order valence-corrected chi connectivity index (χ2v) is 2.71. The number of hydrogen-bond acceptors (Lipinski definition) is 2. The minimum Gasteiger partial charge on any atom is -0.237 e. The summed E-state index contributed by atoms with van der Waals surface area (Å²) in [6.45, 7) is 6.09. The van der Waals surface area contributed by atoms with E-state index in [0.717, 1.165) is 23.1 Å². The van der Waals surface area contributed by atoms with Gasteiger partial charge in [0, 0.05) is 17.3 Å². The highest BCUT2D eigenvalue weighted by Crippen LogP contribution is 2.08. The van der Waals surface area contributed by atoms with Crippen molar-refractivity contribution < 1.29 is 0 Å². The van der Waals surface area contributed by atoms with Gasteiger partial charge in [-0.1, -0.05) is 20.8 Å². The molecule has 2 heteroatoms. The Morgan fingerprint density at radius 2 is 1.93 bits per heavy atom. The first-order valence-corrected chi connectivity index (χ1v) is 5.11. The Bertz CT molecular complexity index is 396. The van der Waals surface area contributed by atoms with Gasteiger partial charge in [-0.2, -0.15) is 0 Å². The van der Waals surface area contributed by atoms with Crippen molar-refractivity contribution in [2.45, 2.75) is 27.2 Å². The molecule has 2 rings (SSSR count). The molecule has 0 saturated carbocycles. The predicted octanol–water partition coefficient (Wildman–Crippen LogP) is 3.22. The molecule has 14 heavy (non-hydrogen) atoms. The first kappa shape index (κ1) is 10.6. The molecule has 0 spiro atoms. The molecule has 0 saturated heterocycles. The number of aryl methyl sites for hydroxylation is 1. The minimum absolute atomic E-state index is 0.844. The van der Waals surface area contributed by atoms with Crippen molar-refractivity contribution in [3.8, 4) is 0 Å². The second kappa shape index (κ2) is 5.32. The Morgan fingerprint density at radius 3 is 2.64 bits per heavy atom. The fourth-order valence-electron chi connectivity index (χ4n) is 1.19. The van der Waals surface area contributed by atoms with Crippen LogP contribution in [-0.2, 0) is 6.42 Å². The van der Waals surface area contributed by atoms with Crippen LogP contribution in [0.4, 0.5) is 0 Å². The molecule has 0 radical (unpaired) electrons. The van der Waals surface area contributed by atoms with Gasteiger partial charge in [-0.05, 0) is 30.7 Å². The molecule has 0 aliphatic rings. The first-order valence-electron chi connectivity index (χ1n) is 5.11. The largest absolute Gasteiger partial charge is 0.237 e. The van der Waals surface area contributed by atoms with E-state index in [-0.39, 0.29) is 0 Å². The molecule has 0 amide bonds. The van der Waals surface area contributed by atoms with Gasteiger partial charge < -0.3 is 0 Å². The van der Waals surface area contributed by atoms with Crippen LogP contribution >= 0.6 is 0 Å². The zero-order chi connectivity index (χ0) is 10.4. The number of aromatic nitrogens is 2. The minimum atomic E-state index is 0.844. The number of fused-ring (bicyclic) bond motifs is 1. The molecular formula is C12H16N2. The van der Waals surface area contributed by atoms with Crippen LogP contribution < -0.4 is 0 Å². The van der Waals surface area contributed by atoms with Crippen LogP contribution in [0.2, 0.25) is 0 Å². The molecule has 74 valence electrons. The van der Waals surface area contributed by atoms with E-state index in [1.165, 1.54) is 0 Å². The summed E-state index contributed by atoms with van der Waals surface area (Å²) >= 11 is 0. The van der Waals surface area contributed by atoms with E-state index in [4.69, 9.17) is 0 Å². The fourth-order valence-corrected chi connectivity index (χ4v) is 1.19. The summed E-state index contributed by atoms with van der Waals surface area (Å²) in [5.41, 5.74) is 1.94. The zero-order valence-electron chi connectivity index (χ0n) is 8.99. The summed E-state index contributed by atoms with van der Waals surface area (Å²) in [5.74, 6) is 0. The third kappa shape index (κ3) is 2.28. The van der Waals surface area contributed by atoms with E-state index in [1.807, 2.05) is 32.0 Å². The van der Waals surface area contributed by atoms with Crippen LogP contribution in [0.5, 0.6) is 0 Å². The lowest BCUT2D eigenvalue weighted by molar-refractivity contribution is 1.05. The van der Waals surface area contributed by atoms with Crippen molar-refractivity contribution in [2.75, 3.05) is 0 Å². The summed E-state index contributed by atoms with van der Waals surface area (Å²) in [6, 6.07) is 8.06. The number of pyridine rings is 2. The summed E-state index contributed by atoms with van der Waals surface area (Å²) in [6.07, 6.45) is 2.74. The lowest BCUT2D eigenvalue weighted by atomic mass is 10.2. The van der Waals surface area contributed by atoms with Crippen LogP contribution in [0.3, 0.4) is 0 Å². The van der Waals surface area contributed by atoms with Crippen molar-refractivity contribution in [3.05, 3.63) is 36.2 Å². The molecule has 2 aromatic rings. The average molecular weight is 188 g/mol. The maximum Gasteiger partial charge on any atom is 0.159 e. The highest BCUT2D eigenvalue weighted by atomic mass is 14.8. The van der Waals surface area contributed by atoms with E-state index < -0.39 is 0 Å². The van der Waals surface area contributed by atoms with E-state index >= 15 is 0 Å². The zero-order valence-corrected chi connectivity index (χ0v) is 8.99. The van der Waals surface area contributed by atoms with Gasteiger partial charge in [0.25, 0.3) is 0 Å². The lowest BCUT2D eigenvalue weighted by Crippen LogP contribution is -1.88. The van der Waals surface area contributed by atoms with Gasteiger partial charge in [0.2, 0.25) is 0 Å². The Labute approximate surface area is 85.0 Å². The number of hydrogen-bond donors (Lipinski definition) is 0. The molecule has 2 nitrogen and oxygen atoms in total. The summed E-state index contributed by atoms with van der Waals surface area (Å²) < 4.78 is 0. The summed E-state index contributed by atoms with van der Waals surface area (Å²) in [4.78, 5) is 8.56. The van der Waals surface area contributed by atoms with Gasteiger partial charge in [0.05, 0.1) is 0 Å². The SMILES string of the molecule is CC.CCc1ccc2cccnc2n1. The fraction of sp³-hybridized carbons (Fsp3) is 0.333. The van der Waals surface area contributed by atoms with Crippen molar-refractivity contribution in [1.82, 2.24) is 9.97 Å². The van der Waals surface area contributed by atoms with Crippen LogP contribution in [0, 0.1) is 0 Å². The van der Waals surface area contributed by atoms with Crippen LogP contribution in [0.1, 0.15) is 26.5 Å². The third-order valence-electron chi connectivity index (χ3n) is 1.88. The molecule has 2 heterocycles. The number of rotatable bonds is 1. The highest BCUT2D eigenvalue weighted by molar-refractivity contribution is 5.74. The van der Waals surface area contributed by atoms with Crippen molar-refractivity contribution >= 4 is 11.0 Å². The van der Waals surface area contributed by atoms with Gasteiger partial charge in [0.15, 0.2) is 5.65 Å².